The number of aromatic nitrogens is 2. The minimum atomic E-state index is -0.0301. The van der Waals surface area contributed by atoms with Gasteiger partial charge in [-0.1, -0.05) is 60.3 Å². The summed E-state index contributed by atoms with van der Waals surface area (Å²) in [6.45, 7) is 4.56. The highest BCUT2D eigenvalue weighted by Crippen LogP contribution is 2.18. The fraction of sp³-hybridized carbons (Fsp3) is 0.261. The van der Waals surface area contributed by atoms with Gasteiger partial charge in [0.15, 0.2) is 5.16 Å². The topological polar surface area (TPSA) is 58.1 Å². The number of carbonyl (C=O) groups is 1. The molecule has 0 spiro atoms. The number of nitrogens with one attached hydrogen (secondary N) is 1. The van der Waals surface area contributed by atoms with Crippen LogP contribution in [0.25, 0.3) is 0 Å². The molecule has 1 amide bonds. The maximum atomic E-state index is 12.7. The third-order valence-electron chi connectivity index (χ3n) is 4.70. The first kappa shape index (κ1) is 20.9. The van der Waals surface area contributed by atoms with Gasteiger partial charge in [0.05, 0.1) is 12.2 Å². The number of nitrogens with zero attached hydrogens (tertiary/aromatic N) is 3. The van der Waals surface area contributed by atoms with E-state index in [1.165, 1.54) is 11.8 Å². The summed E-state index contributed by atoms with van der Waals surface area (Å²) in [4.78, 5) is 21.7. The van der Waals surface area contributed by atoms with Crippen molar-refractivity contribution in [2.24, 2.45) is 0 Å². The van der Waals surface area contributed by atoms with Gasteiger partial charge in [0.2, 0.25) is 5.91 Å². The van der Waals surface area contributed by atoms with Crippen molar-refractivity contribution in [3.63, 3.8) is 0 Å². The Morgan fingerprint density at radius 1 is 0.966 bits per heavy atom. The van der Waals surface area contributed by atoms with Crippen molar-refractivity contribution in [2.45, 2.75) is 38.4 Å². The third-order valence-corrected chi connectivity index (χ3v) is 5.24. The second-order valence-corrected chi connectivity index (χ2v) is 7.58. The van der Waals surface area contributed by atoms with Crippen LogP contribution in [0.5, 0.6) is 0 Å². The van der Waals surface area contributed by atoms with Crippen LogP contribution in [0.15, 0.2) is 65.8 Å². The number of rotatable bonds is 8. The van der Waals surface area contributed by atoms with Gasteiger partial charge in [0.25, 0.3) is 0 Å². The molecule has 0 aliphatic carbocycles. The maximum Gasteiger partial charge on any atom is 0.238 e. The van der Waals surface area contributed by atoms with Crippen molar-refractivity contribution in [2.75, 3.05) is 11.3 Å². The molecule has 150 valence electrons. The Hall–Kier alpha value is -2.86. The Morgan fingerprint density at radius 3 is 2.14 bits per heavy atom. The number of aryl methyl sites for hydroxylation is 2. The van der Waals surface area contributed by atoms with Crippen LogP contribution in [0.1, 0.15) is 28.9 Å². The van der Waals surface area contributed by atoms with E-state index < -0.39 is 0 Å². The van der Waals surface area contributed by atoms with Crippen LogP contribution in [0.4, 0.5) is 5.69 Å². The Labute approximate surface area is 176 Å². The molecule has 1 N–H and O–H groups in total. The first-order chi connectivity index (χ1) is 14.1. The van der Waals surface area contributed by atoms with Gasteiger partial charge < -0.3 is 0 Å². The van der Waals surface area contributed by atoms with Crippen molar-refractivity contribution >= 4 is 23.4 Å². The molecule has 3 rings (SSSR count). The van der Waals surface area contributed by atoms with E-state index in [1.807, 2.05) is 73.6 Å². The van der Waals surface area contributed by atoms with Crippen molar-refractivity contribution in [3.8, 4) is 0 Å². The summed E-state index contributed by atoms with van der Waals surface area (Å²) in [6, 6.07) is 20.0. The summed E-state index contributed by atoms with van der Waals surface area (Å²) in [5.41, 5.74) is 8.08. The minimum absolute atomic E-state index is 0.0301. The molecule has 0 aliphatic rings. The Morgan fingerprint density at radius 2 is 1.55 bits per heavy atom. The molecule has 1 aromatic heterocycles. The molecule has 6 heteroatoms. The Bertz CT molecular complexity index is 925. The molecule has 0 saturated heterocycles. The van der Waals surface area contributed by atoms with Gasteiger partial charge in [0, 0.05) is 17.8 Å². The predicted molar refractivity (Wildman–Crippen MR) is 119 cm³/mol. The molecule has 5 nitrogen and oxygen atoms in total. The fourth-order valence-electron chi connectivity index (χ4n) is 3.18. The molecule has 0 atom stereocenters. The van der Waals surface area contributed by atoms with Crippen LogP contribution >= 0.6 is 11.8 Å². The van der Waals surface area contributed by atoms with Gasteiger partial charge in [0.1, 0.15) is 0 Å². The monoisotopic (exact) mass is 406 g/mol. The van der Waals surface area contributed by atoms with Gasteiger partial charge in [-0.15, -0.1) is 0 Å². The number of para-hydroxylation sites is 1. The molecule has 3 aromatic rings. The van der Waals surface area contributed by atoms with Crippen LogP contribution in [-0.2, 0) is 17.8 Å². The number of benzene rings is 2. The van der Waals surface area contributed by atoms with Crippen molar-refractivity contribution < 1.29 is 4.79 Å². The van der Waals surface area contributed by atoms with E-state index in [-0.39, 0.29) is 5.91 Å². The SMILES string of the molecule is CSc1nc(C)c(CCC(=O)NN(Cc2ccccc2)c2ccccc2)c(C)n1. The average Bonchev–Trinajstić information content (AvgIpc) is 2.74. The number of thioether (sulfide) groups is 1. The molecule has 0 fully saturated rings. The molecule has 1 heterocycles. The van der Waals surface area contributed by atoms with Crippen LogP contribution in [-0.4, -0.2) is 22.1 Å². The summed E-state index contributed by atoms with van der Waals surface area (Å²) in [5, 5.41) is 2.66. The number of hydrogen-bond acceptors (Lipinski definition) is 5. The highest BCUT2D eigenvalue weighted by atomic mass is 32.2. The number of hydrazine groups is 1. The molecular formula is C23H26N4OS. The van der Waals surface area contributed by atoms with Crippen LogP contribution in [0, 0.1) is 13.8 Å². The van der Waals surface area contributed by atoms with Crippen molar-refractivity contribution in [1.29, 1.82) is 0 Å². The second-order valence-electron chi connectivity index (χ2n) is 6.80. The zero-order chi connectivity index (χ0) is 20.6. The summed E-state index contributed by atoms with van der Waals surface area (Å²) in [6.07, 6.45) is 2.96. The lowest BCUT2D eigenvalue weighted by atomic mass is 10.1. The lowest BCUT2D eigenvalue weighted by Gasteiger charge is -2.25. The molecule has 0 saturated carbocycles. The van der Waals surface area contributed by atoms with Gasteiger partial charge in [-0.05, 0) is 49.8 Å². The van der Waals surface area contributed by atoms with Gasteiger partial charge in [-0.25, -0.2) is 9.97 Å². The van der Waals surface area contributed by atoms with Crippen LogP contribution in [0.2, 0.25) is 0 Å². The highest BCUT2D eigenvalue weighted by molar-refractivity contribution is 7.98. The highest BCUT2D eigenvalue weighted by Gasteiger charge is 2.14. The fourth-order valence-corrected chi connectivity index (χ4v) is 3.63. The average molecular weight is 407 g/mol. The molecule has 0 radical (unpaired) electrons. The molecule has 0 unspecified atom stereocenters. The normalized spacial score (nSPS) is 10.6. The maximum absolute atomic E-state index is 12.7. The van der Waals surface area contributed by atoms with Crippen LogP contribution < -0.4 is 10.4 Å². The van der Waals surface area contributed by atoms with Gasteiger partial charge in [-0.2, -0.15) is 0 Å². The minimum Gasteiger partial charge on any atom is -0.281 e. The van der Waals surface area contributed by atoms with E-state index >= 15 is 0 Å². The summed E-state index contributed by atoms with van der Waals surface area (Å²) in [5.74, 6) is -0.0301. The molecule has 0 aliphatic heterocycles. The zero-order valence-corrected chi connectivity index (χ0v) is 17.9. The lowest BCUT2D eigenvalue weighted by Crippen LogP contribution is -2.42. The third kappa shape index (κ3) is 5.81. The van der Waals surface area contributed by atoms with E-state index in [1.54, 1.807) is 0 Å². The second kappa shape index (κ2) is 10.1. The van der Waals surface area contributed by atoms with E-state index in [2.05, 4.69) is 27.5 Å². The predicted octanol–water partition coefficient (Wildman–Crippen LogP) is 4.49. The smallest absolute Gasteiger partial charge is 0.238 e. The quantitative estimate of drug-likeness (QED) is 0.339. The van der Waals surface area contributed by atoms with Crippen molar-refractivity contribution in [1.82, 2.24) is 15.4 Å². The summed E-state index contributed by atoms with van der Waals surface area (Å²) >= 11 is 1.53. The number of amides is 1. The van der Waals surface area contributed by atoms with E-state index in [9.17, 15) is 4.79 Å². The van der Waals surface area contributed by atoms with Crippen molar-refractivity contribution in [3.05, 3.63) is 83.2 Å². The molecule has 0 bridgehead atoms. The summed E-state index contributed by atoms with van der Waals surface area (Å²) in [7, 11) is 0. The van der Waals surface area contributed by atoms with E-state index in [0.717, 1.165) is 33.4 Å². The molecule has 2 aromatic carbocycles. The van der Waals surface area contributed by atoms with Crippen LogP contribution in [0.3, 0.4) is 0 Å². The standard InChI is InChI=1S/C23H26N4OS/c1-17-21(18(2)25-23(24-17)29-3)14-15-22(28)26-27(20-12-8-5-9-13-20)16-19-10-6-4-7-11-19/h4-13H,14-16H2,1-3H3,(H,26,28). The lowest BCUT2D eigenvalue weighted by molar-refractivity contribution is -0.121. The van der Waals surface area contributed by atoms with Gasteiger partial charge in [-0.3, -0.25) is 15.2 Å². The first-order valence-electron chi connectivity index (χ1n) is 9.61. The molecular weight excluding hydrogens is 380 g/mol. The Kier molecular flexibility index (Phi) is 7.25. The van der Waals surface area contributed by atoms with Gasteiger partial charge >= 0.3 is 0 Å². The zero-order valence-electron chi connectivity index (χ0n) is 17.1. The number of hydrogen-bond donors (Lipinski definition) is 1. The summed E-state index contributed by atoms with van der Waals surface area (Å²) < 4.78 is 0. The van der Waals surface area contributed by atoms with E-state index in [4.69, 9.17) is 0 Å². The Balaban J connectivity index is 1.69. The number of anilines is 1. The number of carbonyl (C=O) groups excluding carboxylic acids is 1. The largest absolute Gasteiger partial charge is 0.281 e. The molecule has 29 heavy (non-hydrogen) atoms. The first-order valence-corrected chi connectivity index (χ1v) is 10.8. The van der Waals surface area contributed by atoms with E-state index in [0.29, 0.717) is 19.4 Å².